The van der Waals surface area contributed by atoms with Gasteiger partial charge in [0.05, 0.1) is 12.0 Å². The van der Waals surface area contributed by atoms with Gasteiger partial charge in [-0.25, -0.2) is 4.99 Å². The molecule has 0 spiro atoms. The van der Waals surface area contributed by atoms with Gasteiger partial charge in [-0.05, 0) is 25.3 Å². The molecule has 0 bridgehead atoms. The van der Waals surface area contributed by atoms with E-state index in [1.54, 1.807) is 4.90 Å². The van der Waals surface area contributed by atoms with Gasteiger partial charge in [-0.15, -0.1) is 0 Å². The van der Waals surface area contributed by atoms with Crippen molar-refractivity contribution in [3.63, 3.8) is 0 Å². The Kier molecular flexibility index (Phi) is 5.53. The van der Waals surface area contributed by atoms with E-state index in [0.717, 1.165) is 36.7 Å². The Morgan fingerprint density at radius 1 is 1.32 bits per heavy atom. The summed E-state index contributed by atoms with van der Waals surface area (Å²) in [6.07, 6.45) is 2.33. The number of amidine groups is 1. The summed E-state index contributed by atoms with van der Waals surface area (Å²) < 4.78 is 0. The number of carbonyl (C=O) groups excluding carboxylic acids is 2. The maximum absolute atomic E-state index is 12.5. The lowest BCUT2D eigenvalue weighted by atomic mass is 9.98. The minimum atomic E-state index is -0.336. The summed E-state index contributed by atoms with van der Waals surface area (Å²) in [4.78, 5) is 34.6. The second kappa shape index (κ2) is 7.82. The quantitative estimate of drug-likeness (QED) is 0.900. The first-order valence-electron chi connectivity index (χ1n) is 8.46. The molecule has 2 aliphatic rings. The summed E-state index contributed by atoms with van der Waals surface area (Å²) in [6, 6.07) is 10.1. The number of carbonyl (C=O) groups is 2. The van der Waals surface area contributed by atoms with Gasteiger partial charge >= 0.3 is 0 Å². The zero-order chi connectivity index (χ0) is 17.8. The highest BCUT2D eigenvalue weighted by Crippen LogP contribution is 2.24. The van der Waals surface area contributed by atoms with Crippen LogP contribution in [0.15, 0.2) is 40.3 Å². The molecule has 2 heterocycles. The van der Waals surface area contributed by atoms with Gasteiger partial charge in [-0.3, -0.25) is 14.6 Å². The molecule has 2 N–H and O–H groups in total. The smallest absolute Gasteiger partial charge is 0.289 e. The molecule has 3 rings (SSSR count). The third-order valence-electron chi connectivity index (χ3n) is 4.55. The van der Waals surface area contributed by atoms with Crippen LogP contribution in [-0.4, -0.2) is 46.1 Å². The minimum absolute atomic E-state index is 0.0163. The summed E-state index contributed by atoms with van der Waals surface area (Å²) in [5.41, 5.74) is 7.50. The van der Waals surface area contributed by atoms with Gasteiger partial charge in [0.15, 0.2) is 5.17 Å². The number of aliphatic imine (C=N–C) groups is 2. The van der Waals surface area contributed by atoms with E-state index in [1.165, 1.54) is 5.56 Å². The number of nitrogens with zero attached hydrogens (tertiary/aromatic N) is 3. The zero-order valence-corrected chi connectivity index (χ0v) is 15.0. The molecule has 7 heteroatoms. The number of piperidine rings is 1. The van der Waals surface area contributed by atoms with Crippen molar-refractivity contribution in [1.82, 2.24) is 4.90 Å². The topological polar surface area (TPSA) is 88.1 Å². The molecule has 6 nitrogen and oxygen atoms in total. The highest BCUT2D eigenvalue weighted by atomic mass is 32.2. The molecular formula is C18H22N4O2S. The molecule has 2 unspecified atom stereocenters. The third kappa shape index (κ3) is 4.48. The molecule has 1 saturated heterocycles. The monoisotopic (exact) mass is 358 g/mol. The Morgan fingerprint density at radius 2 is 2.08 bits per heavy atom. The van der Waals surface area contributed by atoms with Crippen LogP contribution in [0, 0.1) is 5.92 Å². The van der Waals surface area contributed by atoms with Crippen LogP contribution in [0.4, 0.5) is 4.79 Å². The van der Waals surface area contributed by atoms with Crippen molar-refractivity contribution in [2.75, 3.05) is 13.1 Å². The second-order valence-corrected chi connectivity index (χ2v) is 7.34. The summed E-state index contributed by atoms with van der Waals surface area (Å²) in [5, 5.41) is 0.395. The molecular weight excluding hydrogens is 336 g/mol. The molecule has 1 fully saturated rings. The van der Waals surface area contributed by atoms with Crippen molar-refractivity contribution in [2.24, 2.45) is 21.6 Å². The number of hydrogen-bond acceptors (Lipinski definition) is 5. The molecule has 132 valence electrons. The maximum Gasteiger partial charge on any atom is 0.289 e. The Labute approximate surface area is 151 Å². The van der Waals surface area contributed by atoms with E-state index in [1.807, 2.05) is 25.1 Å². The fraction of sp³-hybridized carbons (Fsp3) is 0.444. The molecule has 2 amide bonds. The summed E-state index contributed by atoms with van der Waals surface area (Å²) >= 11 is 1.04. The molecule has 0 radical (unpaired) electrons. The van der Waals surface area contributed by atoms with Crippen molar-refractivity contribution in [1.29, 1.82) is 0 Å². The standard InChI is InChI=1S/C18H22N4O2S/c1-12-15(10-13-6-3-2-4-7-13)21-17(20-12)25-18(24)22-9-5-8-14(11-22)16(19)23/h2-4,6-7,14-15H,5,8-11H2,1H3,(H2,19,23). The number of thioether (sulfide) groups is 1. The first-order valence-corrected chi connectivity index (χ1v) is 9.27. The number of primary amides is 1. The SMILES string of the molecule is CC1=NC(SC(=O)N2CCCC(C(N)=O)C2)=NC1Cc1ccccc1. The van der Waals surface area contributed by atoms with E-state index in [4.69, 9.17) is 5.73 Å². The first kappa shape index (κ1) is 17.7. The Morgan fingerprint density at radius 3 is 2.80 bits per heavy atom. The maximum atomic E-state index is 12.5. The van der Waals surface area contributed by atoms with Crippen LogP contribution >= 0.6 is 11.8 Å². The molecule has 25 heavy (non-hydrogen) atoms. The molecule has 0 aromatic heterocycles. The van der Waals surface area contributed by atoms with Crippen molar-refractivity contribution < 1.29 is 9.59 Å². The lowest BCUT2D eigenvalue weighted by Gasteiger charge is -2.30. The molecule has 1 aromatic carbocycles. The van der Waals surface area contributed by atoms with Gasteiger partial charge in [0.25, 0.3) is 5.24 Å². The molecule has 2 atom stereocenters. The average Bonchev–Trinajstić information content (AvgIpc) is 2.95. The predicted octanol–water partition coefficient (Wildman–Crippen LogP) is 2.48. The average molecular weight is 358 g/mol. The summed E-state index contributed by atoms with van der Waals surface area (Å²) in [6.45, 7) is 2.99. The van der Waals surface area contributed by atoms with E-state index in [9.17, 15) is 9.59 Å². The molecule has 1 aromatic rings. The first-order chi connectivity index (χ1) is 12.0. The van der Waals surface area contributed by atoms with Crippen LogP contribution in [0.1, 0.15) is 25.3 Å². The van der Waals surface area contributed by atoms with E-state index in [0.29, 0.717) is 18.3 Å². The lowest BCUT2D eigenvalue weighted by molar-refractivity contribution is -0.122. The van der Waals surface area contributed by atoms with Crippen molar-refractivity contribution >= 4 is 33.8 Å². The molecule has 0 saturated carbocycles. The van der Waals surface area contributed by atoms with E-state index < -0.39 is 0 Å². The summed E-state index contributed by atoms with van der Waals surface area (Å²) in [5.74, 6) is -0.586. The lowest BCUT2D eigenvalue weighted by Crippen LogP contribution is -2.42. The fourth-order valence-corrected chi connectivity index (χ4v) is 3.90. The van der Waals surface area contributed by atoms with Crippen LogP contribution in [0.25, 0.3) is 0 Å². The van der Waals surface area contributed by atoms with Crippen LogP contribution in [0.5, 0.6) is 0 Å². The Hall–Kier alpha value is -2.15. The zero-order valence-electron chi connectivity index (χ0n) is 14.2. The van der Waals surface area contributed by atoms with Crippen molar-refractivity contribution in [3.8, 4) is 0 Å². The fourth-order valence-electron chi connectivity index (χ4n) is 3.08. The molecule has 0 aliphatic carbocycles. The van der Waals surface area contributed by atoms with Gasteiger partial charge < -0.3 is 10.6 Å². The summed E-state index contributed by atoms with van der Waals surface area (Å²) in [7, 11) is 0. The van der Waals surface area contributed by atoms with Crippen LogP contribution in [0.3, 0.4) is 0 Å². The molecule has 2 aliphatic heterocycles. The van der Waals surface area contributed by atoms with Crippen molar-refractivity contribution in [2.45, 2.75) is 32.2 Å². The van der Waals surface area contributed by atoms with Gasteiger partial charge in [0, 0.05) is 37.0 Å². The van der Waals surface area contributed by atoms with E-state index in [2.05, 4.69) is 22.1 Å². The van der Waals surface area contributed by atoms with E-state index in [-0.39, 0.29) is 23.1 Å². The van der Waals surface area contributed by atoms with Gasteiger partial charge in [-0.2, -0.15) is 0 Å². The Bertz CT molecular complexity index is 717. The van der Waals surface area contributed by atoms with Gasteiger partial charge in [0.2, 0.25) is 5.91 Å². The van der Waals surface area contributed by atoms with Gasteiger partial charge in [-0.1, -0.05) is 30.3 Å². The number of benzene rings is 1. The Balaban J connectivity index is 1.60. The number of amides is 2. The van der Waals surface area contributed by atoms with Crippen molar-refractivity contribution in [3.05, 3.63) is 35.9 Å². The highest BCUT2D eigenvalue weighted by molar-refractivity contribution is 8.26. The van der Waals surface area contributed by atoms with E-state index >= 15 is 0 Å². The van der Waals surface area contributed by atoms with Gasteiger partial charge in [0.1, 0.15) is 0 Å². The highest BCUT2D eigenvalue weighted by Gasteiger charge is 2.29. The largest absolute Gasteiger partial charge is 0.369 e. The minimum Gasteiger partial charge on any atom is -0.369 e. The normalized spacial score (nSPS) is 23.2. The number of nitrogens with two attached hydrogens (primary N) is 1. The predicted molar refractivity (Wildman–Crippen MR) is 101 cm³/mol. The van der Waals surface area contributed by atoms with Crippen LogP contribution in [0.2, 0.25) is 0 Å². The second-order valence-electron chi connectivity index (χ2n) is 6.43. The number of likely N-dealkylation sites (tertiary alicyclic amines) is 1. The number of rotatable bonds is 3. The number of hydrogen-bond donors (Lipinski definition) is 1. The van der Waals surface area contributed by atoms with Crippen LogP contribution < -0.4 is 5.73 Å². The third-order valence-corrected chi connectivity index (χ3v) is 5.37. The van der Waals surface area contributed by atoms with Crippen LogP contribution in [-0.2, 0) is 11.2 Å².